The number of halogens is 4. The number of hydrogen-bond acceptors (Lipinski definition) is 10. The number of rotatable bonds is 6. The standard InChI is InChI=1S/C24H21F4N7O2S/c1-4-7-37-15-10-31-16-14(34-15)5-6-30-19(16)33-12-8-13(18(25)32-9-12)22(3)17-11(2)23(17,38-21(29)35-22)20(36)24(26,27)28/h1,5-6,8-11,17,20,36H,7H2,2-3H3,(H2,29,35)(H,30,33)/t11-,17?,20-,22+,23-/m0/s1. The quantitative estimate of drug-likeness (QED) is 0.241. The van der Waals surface area contributed by atoms with Gasteiger partial charge in [0.15, 0.2) is 23.7 Å². The number of thioether (sulfide) groups is 1. The molecule has 1 fully saturated rings. The van der Waals surface area contributed by atoms with Gasteiger partial charge in [0, 0.05) is 17.7 Å². The molecule has 5 rings (SSSR count). The minimum absolute atomic E-state index is 0.0194. The van der Waals surface area contributed by atoms with Crippen LogP contribution in [0.3, 0.4) is 0 Å². The summed E-state index contributed by atoms with van der Waals surface area (Å²) in [4.78, 5) is 21.1. The van der Waals surface area contributed by atoms with Crippen LogP contribution in [0.4, 0.5) is 29.1 Å². The lowest BCUT2D eigenvalue weighted by atomic mass is 9.85. The Bertz CT molecular complexity index is 1500. The van der Waals surface area contributed by atoms with Gasteiger partial charge in [0.05, 0.1) is 33.9 Å². The lowest BCUT2D eigenvalue weighted by molar-refractivity contribution is -0.208. The molecule has 0 bridgehead atoms. The number of aliphatic hydroxyl groups excluding tert-OH is 1. The van der Waals surface area contributed by atoms with Crippen molar-refractivity contribution in [3.8, 4) is 18.2 Å². The van der Waals surface area contributed by atoms with Gasteiger partial charge in [-0.25, -0.2) is 19.9 Å². The molecule has 198 valence electrons. The summed E-state index contributed by atoms with van der Waals surface area (Å²) in [5, 5.41) is 13.1. The Hall–Kier alpha value is -3.70. The van der Waals surface area contributed by atoms with Crippen molar-refractivity contribution in [1.82, 2.24) is 19.9 Å². The molecular weight excluding hydrogens is 526 g/mol. The summed E-state index contributed by atoms with van der Waals surface area (Å²) in [6, 6.07) is 3.01. The van der Waals surface area contributed by atoms with E-state index in [-0.39, 0.29) is 34.7 Å². The van der Waals surface area contributed by atoms with Crippen LogP contribution in [0, 0.1) is 30.1 Å². The summed E-state index contributed by atoms with van der Waals surface area (Å²) >= 11 is 0.676. The third kappa shape index (κ3) is 4.06. The van der Waals surface area contributed by atoms with Gasteiger partial charge in [-0.15, -0.1) is 6.42 Å². The second kappa shape index (κ2) is 8.95. The average Bonchev–Trinajstić information content (AvgIpc) is 3.47. The molecular formula is C24H21F4N7O2S. The number of aliphatic hydroxyl groups is 1. The number of hydrogen-bond donors (Lipinski definition) is 3. The minimum Gasteiger partial charge on any atom is -0.463 e. The fourth-order valence-corrected chi connectivity index (χ4v) is 6.97. The zero-order valence-corrected chi connectivity index (χ0v) is 20.8. The molecule has 4 N–H and O–H groups in total. The van der Waals surface area contributed by atoms with Gasteiger partial charge in [0.25, 0.3) is 0 Å². The first kappa shape index (κ1) is 25.9. The van der Waals surface area contributed by atoms with Gasteiger partial charge in [-0.1, -0.05) is 24.6 Å². The molecule has 14 heteroatoms. The summed E-state index contributed by atoms with van der Waals surface area (Å²) in [6.07, 6.45) is 1.70. The number of pyridine rings is 2. The maximum absolute atomic E-state index is 15.1. The highest BCUT2D eigenvalue weighted by Gasteiger charge is 2.78. The largest absolute Gasteiger partial charge is 0.463 e. The Morgan fingerprint density at radius 3 is 2.79 bits per heavy atom. The highest BCUT2D eigenvalue weighted by molar-refractivity contribution is 8.15. The van der Waals surface area contributed by atoms with E-state index < -0.39 is 40.3 Å². The van der Waals surface area contributed by atoms with Crippen molar-refractivity contribution in [3.05, 3.63) is 42.2 Å². The first-order valence-electron chi connectivity index (χ1n) is 11.3. The fraction of sp³-hybridized carbons (Fsp3) is 0.375. The van der Waals surface area contributed by atoms with Crippen molar-refractivity contribution in [3.63, 3.8) is 0 Å². The number of alkyl halides is 3. The van der Waals surface area contributed by atoms with Gasteiger partial charge < -0.3 is 20.9 Å². The van der Waals surface area contributed by atoms with E-state index in [0.29, 0.717) is 22.8 Å². The zero-order valence-electron chi connectivity index (χ0n) is 20.0. The number of terminal acetylenes is 1. The SMILES string of the molecule is C#CCOc1cnc2c(Nc3cnc(F)c([C@@]4(C)N=C(N)S[C@]5([C@H](O)C(F)(F)F)C4[C@@H]5C)c3)nccc2n1. The van der Waals surface area contributed by atoms with E-state index in [1.807, 2.05) is 0 Å². The molecule has 0 radical (unpaired) electrons. The topological polar surface area (TPSA) is 131 Å². The molecule has 9 nitrogen and oxygen atoms in total. The predicted octanol–water partition coefficient (Wildman–Crippen LogP) is 3.52. The lowest BCUT2D eigenvalue weighted by Crippen LogP contribution is -2.47. The van der Waals surface area contributed by atoms with Crippen molar-refractivity contribution in [1.29, 1.82) is 0 Å². The molecule has 1 aliphatic heterocycles. The van der Waals surface area contributed by atoms with Crippen LogP contribution in [0.2, 0.25) is 0 Å². The summed E-state index contributed by atoms with van der Waals surface area (Å²) in [5.74, 6) is 0.375. The number of anilines is 2. The molecule has 1 unspecified atom stereocenters. The van der Waals surface area contributed by atoms with Crippen LogP contribution < -0.4 is 15.8 Å². The highest BCUT2D eigenvalue weighted by atomic mass is 32.2. The van der Waals surface area contributed by atoms with Gasteiger partial charge >= 0.3 is 6.18 Å². The van der Waals surface area contributed by atoms with Crippen molar-refractivity contribution >= 4 is 39.5 Å². The first-order valence-corrected chi connectivity index (χ1v) is 12.1. The Balaban J connectivity index is 1.51. The molecule has 3 aromatic heterocycles. The molecule has 5 atom stereocenters. The molecule has 0 amide bonds. The second-order valence-corrected chi connectivity index (χ2v) is 10.5. The van der Waals surface area contributed by atoms with E-state index in [4.69, 9.17) is 16.9 Å². The van der Waals surface area contributed by atoms with E-state index >= 15 is 4.39 Å². The normalized spacial score (nSPS) is 27.2. The van der Waals surface area contributed by atoms with Crippen LogP contribution in [0.5, 0.6) is 5.88 Å². The molecule has 2 aliphatic rings. The van der Waals surface area contributed by atoms with Crippen molar-refractivity contribution in [2.45, 2.75) is 36.4 Å². The van der Waals surface area contributed by atoms with Gasteiger partial charge in [0.2, 0.25) is 11.8 Å². The molecule has 3 aromatic rings. The van der Waals surface area contributed by atoms with Gasteiger partial charge in [-0.3, -0.25) is 4.99 Å². The maximum atomic E-state index is 15.1. The Labute approximate surface area is 218 Å². The highest BCUT2D eigenvalue weighted by Crippen LogP contribution is 2.72. The maximum Gasteiger partial charge on any atom is 0.415 e. The third-order valence-corrected chi connectivity index (χ3v) is 8.45. The molecule has 0 aromatic carbocycles. The molecule has 38 heavy (non-hydrogen) atoms. The predicted molar refractivity (Wildman–Crippen MR) is 133 cm³/mol. The number of ether oxygens (including phenoxy) is 1. The van der Waals surface area contributed by atoms with Crippen molar-refractivity contribution in [2.75, 3.05) is 11.9 Å². The molecule has 4 heterocycles. The van der Waals surface area contributed by atoms with E-state index in [0.717, 1.165) is 0 Å². The number of nitrogens with one attached hydrogen (secondary N) is 1. The smallest absolute Gasteiger partial charge is 0.415 e. The van der Waals surface area contributed by atoms with Gasteiger partial charge in [0.1, 0.15) is 5.52 Å². The van der Waals surface area contributed by atoms with Crippen LogP contribution in [0.25, 0.3) is 11.0 Å². The van der Waals surface area contributed by atoms with Gasteiger partial charge in [-0.05, 0) is 25.0 Å². The number of aromatic nitrogens is 4. The molecule has 1 saturated carbocycles. The molecule has 0 spiro atoms. The zero-order chi connectivity index (χ0) is 27.5. The van der Waals surface area contributed by atoms with Crippen molar-refractivity contribution < 1.29 is 27.4 Å². The fourth-order valence-electron chi connectivity index (χ4n) is 5.31. The van der Waals surface area contributed by atoms with E-state index in [1.54, 1.807) is 13.0 Å². The molecule has 1 aliphatic carbocycles. The Morgan fingerprint density at radius 2 is 2.08 bits per heavy atom. The number of amidine groups is 1. The van der Waals surface area contributed by atoms with Crippen molar-refractivity contribution in [2.24, 2.45) is 22.6 Å². The van der Waals surface area contributed by atoms with Crippen LogP contribution in [-0.2, 0) is 5.54 Å². The second-order valence-electron chi connectivity index (χ2n) is 9.18. The summed E-state index contributed by atoms with van der Waals surface area (Å²) < 4.78 is 59.5. The number of nitrogens with two attached hydrogens (primary N) is 1. The van der Waals surface area contributed by atoms with E-state index in [9.17, 15) is 18.3 Å². The summed E-state index contributed by atoms with van der Waals surface area (Å²) in [5.41, 5.74) is 5.44. The summed E-state index contributed by atoms with van der Waals surface area (Å²) in [6.45, 7) is 3.08. The molecule has 0 saturated heterocycles. The monoisotopic (exact) mass is 547 g/mol. The number of nitrogens with zero attached hydrogens (tertiary/aromatic N) is 5. The van der Waals surface area contributed by atoms with E-state index in [2.05, 4.69) is 36.2 Å². The van der Waals surface area contributed by atoms with Gasteiger partial charge in [-0.2, -0.15) is 17.6 Å². The van der Waals surface area contributed by atoms with Crippen LogP contribution in [0.15, 0.2) is 35.7 Å². The summed E-state index contributed by atoms with van der Waals surface area (Å²) in [7, 11) is 0. The Kier molecular flexibility index (Phi) is 6.11. The van der Waals surface area contributed by atoms with Crippen LogP contribution >= 0.6 is 11.8 Å². The van der Waals surface area contributed by atoms with E-state index in [1.165, 1.54) is 31.6 Å². The average molecular weight is 548 g/mol. The number of aliphatic imine (C=N–C) groups is 1. The number of fused-ring (bicyclic) bond motifs is 2. The van der Waals surface area contributed by atoms with Crippen LogP contribution in [0.1, 0.15) is 19.4 Å². The Morgan fingerprint density at radius 1 is 1.32 bits per heavy atom. The third-order valence-electron chi connectivity index (χ3n) is 6.94. The lowest BCUT2D eigenvalue weighted by Gasteiger charge is -2.36. The first-order chi connectivity index (χ1) is 17.9. The minimum atomic E-state index is -4.89. The van der Waals surface area contributed by atoms with Crippen LogP contribution in [-0.4, -0.2) is 53.8 Å².